The lowest BCUT2D eigenvalue weighted by molar-refractivity contribution is -0.264. The van der Waals surface area contributed by atoms with Gasteiger partial charge in [-0.15, -0.1) is 5.92 Å². The third-order valence-corrected chi connectivity index (χ3v) is 2.58. The molecule has 0 saturated heterocycles. The van der Waals surface area contributed by atoms with Crippen molar-refractivity contribution in [1.82, 2.24) is 0 Å². The Kier molecular flexibility index (Phi) is 7.13. The molecule has 0 radical (unpaired) electrons. The number of hydrogen-bond acceptors (Lipinski definition) is 2. The quantitative estimate of drug-likeness (QED) is 0.351. The number of benzene rings is 1. The molecule has 92 valence electrons. The minimum absolute atomic E-state index is 0.368. The summed E-state index contributed by atoms with van der Waals surface area (Å²) in [6.45, 7) is 2.14. The zero-order chi connectivity index (χ0) is 12.3. The van der Waals surface area contributed by atoms with E-state index in [0.29, 0.717) is 0 Å². The molecule has 0 bridgehead atoms. The first-order valence-corrected chi connectivity index (χ1v) is 6.19. The highest BCUT2D eigenvalue weighted by atomic mass is 17.1. The molecule has 0 aliphatic carbocycles. The van der Waals surface area contributed by atoms with Gasteiger partial charge in [-0.1, -0.05) is 49.6 Å². The van der Waals surface area contributed by atoms with Crippen LogP contribution in [0.25, 0.3) is 0 Å². The molecule has 0 saturated carbocycles. The van der Waals surface area contributed by atoms with Crippen LogP contribution in [0.4, 0.5) is 0 Å². The van der Waals surface area contributed by atoms with Crippen molar-refractivity contribution in [2.75, 3.05) is 0 Å². The molecule has 2 nitrogen and oxygen atoms in total. The summed E-state index contributed by atoms with van der Waals surface area (Å²) in [6, 6.07) is 10.2. The summed E-state index contributed by atoms with van der Waals surface area (Å²) in [5.74, 6) is 5.99. The van der Waals surface area contributed by atoms with Crippen LogP contribution in [0.2, 0.25) is 0 Å². The Bertz CT molecular complexity index is 348. The number of aryl methyl sites for hydroxylation is 1. The summed E-state index contributed by atoms with van der Waals surface area (Å²) in [5.41, 5.74) is 1.24. The molecule has 0 spiro atoms. The maximum absolute atomic E-state index is 8.76. The molecule has 0 amide bonds. The molecular formula is C15H20O2. The first kappa shape index (κ1) is 13.8. The van der Waals surface area contributed by atoms with Crippen molar-refractivity contribution in [3.05, 3.63) is 35.9 Å². The van der Waals surface area contributed by atoms with Crippen LogP contribution in [0.3, 0.4) is 0 Å². The highest BCUT2D eigenvalue weighted by molar-refractivity contribution is 5.15. The van der Waals surface area contributed by atoms with Crippen molar-refractivity contribution in [1.29, 1.82) is 0 Å². The Hall–Kier alpha value is -1.30. The summed E-state index contributed by atoms with van der Waals surface area (Å²) in [7, 11) is 0. The Morgan fingerprint density at radius 1 is 1.29 bits per heavy atom. The molecule has 1 atom stereocenters. The van der Waals surface area contributed by atoms with E-state index >= 15 is 0 Å². The monoisotopic (exact) mass is 232 g/mol. The molecule has 0 heterocycles. The van der Waals surface area contributed by atoms with E-state index in [4.69, 9.17) is 5.26 Å². The molecule has 0 aliphatic rings. The van der Waals surface area contributed by atoms with Crippen molar-refractivity contribution >= 4 is 0 Å². The van der Waals surface area contributed by atoms with Crippen molar-refractivity contribution < 1.29 is 10.1 Å². The highest BCUT2D eigenvalue weighted by Gasteiger charge is 2.04. The van der Waals surface area contributed by atoms with Gasteiger partial charge in [0.15, 0.2) is 6.10 Å². The Morgan fingerprint density at radius 3 is 2.71 bits per heavy atom. The van der Waals surface area contributed by atoms with Crippen LogP contribution in [0, 0.1) is 11.8 Å². The van der Waals surface area contributed by atoms with Gasteiger partial charge in [-0.2, -0.15) is 0 Å². The molecule has 2 heteroatoms. The van der Waals surface area contributed by atoms with E-state index in [1.54, 1.807) is 0 Å². The topological polar surface area (TPSA) is 29.5 Å². The standard InChI is InChI=1S/C15H20O2/c1-2-3-4-8-11-15(17-16)13-12-14-9-6-5-7-10-14/h5-7,9-10,15-16H,2-4,12-13H2,1H3. The van der Waals surface area contributed by atoms with E-state index < -0.39 is 0 Å². The smallest absolute Gasteiger partial charge is 0.153 e. The fourth-order valence-electron chi connectivity index (χ4n) is 1.54. The highest BCUT2D eigenvalue weighted by Crippen LogP contribution is 2.06. The van der Waals surface area contributed by atoms with E-state index in [1.165, 1.54) is 5.56 Å². The lowest BCUT2D eigenvalue weighted by atomic mass is 10.1. The fraction of sp³-hybridized carbons (Fsp3) is 0.467. The molecule has 1 unspecified atom stereocenters. The molecule has 1 rings (SSSR count). The minimum Gasteiger partial charge on any atom is -0.251 e. The predicted octanol–water partition coefficient (Wildman–Crippen LogP) is 3.67. The molecule has 0 fully saturated rings. The van der Waals surface area contributed by atoms with Gasteiger partial charge in [0.05, 0.1) is 0 Å². The van der Waals surface area contributed by atoms with E-state index in [1.807, 2.05) is 18.2 Å². The van der Waals surface area contributed by atoms with Crippen LogP contribution in [0.1, 0.15) is 38.2 Å². The van der Waals surface area contributed by atoms with Gasteiger partial charge in [-0.3, -0.25) is 5.26 Å². The van der Waals surface area contributed by atoms with E-state index in [9.17, 15) is 0 Å². The first-order valence-electron chi connectivity index (χ1n) is 6.19. The van der Waals surface area contributed by atoms with Gasteiger partial charge < -0.3 is 0 Å². The first-order chi connectivity index (χ1) is 8.36. The lowest BCUT2D eigenvalue weighted by Gasteiger charge is -2.06. The molecule has 1 aromatic rings. The second kappa shape index (κ2) is 8.81. The molecule has 0 aliphatic heterocycles. The van der Waals surface area contributed by atoms with Gasteiger partial charge in [-0.05, 0) is 24.8 Å². The fourth-order valence-corrected chi connectivity index (χ4v) is 1.54. The van der Waals surface area contributed by atoms with Gasteiger partial charge in [0, 0.05) is 6.42 Å². The second-order valence-electron chi connectivity index (χ2n) is 4.04. The lowest BCUT2D eigenvalue weighted by Crippen LogP contribution is -2.09. The van der Waals surface area contributed by atoms with Crippen LogP contribution in [0.15, 0.2) is 30.3 Å². The Labute approximate surface area is 104 Å². The summed E-state index contributed by atoms with van der Waals surface area (Å²) in [6.07, 6.45) is 4.34. The molecule has 0 aromatic heterocycles. The molecule has 17 heavy (non-hydrogen) atoms. The van der Waals surface area contributed by atoms with Gasteiger partial charge in [-0.25, -0.2) is 4.89 Å². The van der Waals surface area contributed by atoms with Gasteiger partial charge in [0.1, 0.15) is 0 Å². The van der Waals surface area contributed by atoms with Crippen molar-refractivity contribution in [3.63, 3.8) is 0 Å². The third kappa shape index (κ3) is 6.11. The van der Waals surface area contributed by atoms with Crippen molar-refractivity contribution in [2.45, 2.75) is 45.1 Å². The second-order valence-corrected chi connectivity index (χ2v) is 4.04. The van der Waals surface area contributed by atoms with E-state index in [2.05, 4.69) is 35.8 Å². The van der Waals surface area contributed by atoms with Crippen molar-refractivity contribution in [2.24, 2.45) is 0 Å². The maximum Gasteiger partial charge on any atom is 0.153 e. The van der Waals surface area contributed by atoms with Gasteiger partial charge in [0.2, 0.25) is 0 Å². The van der Waals surface area contributed by atoms with Crippen LogP contribution in [0.5, 0.6) is 0 Å². The zero-order valence-electron chi connectivity index (χ0n) is 10.4. The SMILES string of the molecule is CCCCC#CC(CCc1ccccc1)OO. The third-order valence-electron chi connectivity index (χ3n) is 2.58. The molecule has 1 aromatic carbocycles. The van der Waals surface area contributed by atoms with Crippen LogP contribution < -0.4 is 0 Å². The number of unbranched alkanes of at least 4 members (excludes halogenated alkanes) is 2. The normalized spacial score (nSPS) is 11.6. The average molecular weight is 232 g/mol. The summed E-state index contributed by atoms with van der Waals surface area (Å²) >= 11 is 0. The van der Waals surface area contributed by atoms with Gasteiger partial charge >= 0.3 is 0 Å². The van der Waals surface area contributed by atoms with Crippen molar-refractivity contribution in [3.8, 4) is 11.8 Å². The Balaban J connectivity index is 2.33. The summed E-state index contributed by atoms with van der Waals surface area (Å²) < 4.78 is 0. The van der Waals surface area contributed by atoms with Crippen LogP contribution in [-0.4, -0.2) is 11.4 Å². The largest absolute Gasteiger partial charge is 0.251 e. The van der Waals surface area contributed by atoms with E-state index in [-0.39, 0.29) is 6.10 Å². The minimum atomic E-state index is -0.368. The zero-order valence-corrected chi connectivity index (χ0v) is 10.4. The number of hydrogen-bond donors (Lipinski definition) is 1. The summed E-state index contributed by atoms with van der Waals surface area (Å²) in [4.78, 5) is 4.38. The van der Waals surface area contributed by atoms with E-state index in [0.717, 1.165) is 32.1 Å². The van der Waals surface area contributed by atoms with Crippen LogP contribution in [-0.2, 0) is 11.3 Å². The average Bonchev–Trinajstić information content (AvgIpc) is 2.39. The molecule has 1 N–H and O–H groups in total. The Morgan fingerprint density at radius 2 is 2.06 bits per heavy atom. The maximum atomic E-state index is 8.76. The molecular weight excluding hydrogens is 212 g/mol. The summed E-state index contributed by atoms with van der Waals surface area (Å²) in [5, 5.41) is 8.76. The predicted molar refractivity (Wildman–Crippen MR) is 69.6 cm³/mol. The van der Waals surface area contributed by atoms with Gasteiger partial charge in [0.25, 0.3) is 0 Å². The van der Waals surface area contributed by atoms with Crippen LogP contribution >= 0.6 is 0 Å². The number of rotatable bonds is 6.